The lowest BCUT2D eigenvalue weighted by molar-refractivity contribution is 0.169. The highest BCUT2D eigenvalue weighted by Gasteiger charge is 2.27. The van der Waals surface area contributed by atoms with E-state index in [1.54, 1.807) is 6.07 Å². The molecule has 0 saturated heterocycles. The molecular formula is C14H16ClN3O3. The molecule has 1 aromatic carbocycles. The van der Waals surface area contributed by atoms with E-state index in [-0.39, 0.29) is 12.5 Å². The number of halogens is 1. The number of ether oxygens (including phenoxy) is 2. The summed E-state index contributed by atoms with van der Waals surface area (Å²) >= 11 is 6.41. The Morgan fingerprint density at radius 1 is 1.33 bits per heavy atom. The van der Waals surface area contributed by atoms with E-state index in [1.807, 2.05) is 0 Å². The quantitative estimate of drug-likeness (QED) is 0.938. The van der Waals surface area contributed by atoms with Gasteiger partial charge in [-0.3, -0.25) is 0 Å². The average molecular weight is 310 g/mol. The van der Waals surface area contributed by atoms with Crippen molar-refractivity contribution in [1.82, 2.24) is 10.1 Å². The monoisotopic (exact) mass is 309 g/mol. The van der Waals surface area contributed by atoms with Crippen molar-refractivity contribution in [2.45, 2.75) is 26.3 Å². The molecule has 0 saturated carbocycles. The highest BCUT2D eigenvalue weighted by Crippen LogP contribution is 2.46. The summed E-state index contributed by atoms with van der Waals surface area (Å²) in [5.41, 5.74) is 7.14. The van der Waals surface area contributed by atoms with Gasteiger partial charge in [-0.05, 0) is 5.92 Å². The second-order valence-electron chi connectivity index (χ2n) is 5.04. The summed E-state index contributed by atoms with van der Waals surface area (Å²) in [5, 5.41) is 4.47. The summed E-state index contributed by atoms with van der Waals surface area (Å²) < 4.78 is 16.5. The van der Waals surface area contributed by atoms with E-state index in [0.717, 1.165) is 5.56 Å². The minimum Gasteiger partial charge on any atom is -0.486 e. The standard InChI is InChI=1S/C14H16ClN3O3/c1-7(2)11-12(14-17-10(6-16)21-18-14)8(15)5-9-13(11)20-4-3-19-9/h5,7H,3-4,6,16H2,1-2H3. The minimum atomic E-state index is 0.161. The van der Waals surface area contributed by atoms with Crippen LogP contribution in [0.2, 0.25) is 5.02 Å². The Balaban J connectivity index is 2.23. The van der Waals surface area contributed by atoms with Gasteiger partial charge in [-0.2, -0.15) is 4.98 Å². The molecular weight excluding hydrogens is 294 g/mol. The number of nitrogens with two attached hydrogens (primary N) is 1. The summed E-state index contributed by atoms with van der Waals surface area (Å²) in [5.74, 6) is 2.30. The number of fused-ring (bicyclic) bond motifs is 1. The smallest absolute Gasteiger partial charge is 0.240 e. The molecule has 1 aliphatic heterocycles. The molecule has 0 fully saturated rings. The van der Waals surface area contributed by atoms with E-state index < -0.39 is 0 Å². The van der Waals surface area contributed by atoms with Crippen LogP contribution >= 0.6 is 11.6 Å². The Kier molecular flexibility index (Phi) is 3.73. The van der Waals surface area contributed by atoms with Crippen LogP contribution in [0, 0.1) is 0 Å². The predicted octanol–water partition coefficient (Wildman–Crippen LogP) is 2.74. The summed E-state index contributed by atoms with van der Waals surface area (Å²) in [4.78, 5) is 4.27. The fraction of sp³-hybridized carbons (Fsp3) is 0.429. The van der Waals surface area contributed by atoms with Gasteiger partial charge in [-0.1, -0.05) is 30.6 Å². The van der Waals surface area contributed by atoms with Crippen LogP contribution in [0.25, 0.3) is 11.4 Å². The molecule has 3 rings (SSSR count). The van der Waals surface area contributed by atoms with Crippen molar-refractivity contribution >= 4 is 11.6 Å². The third kappa shape index (κ3) is 2.45. The first-order valence-corrected chi connectivity index (χ1v) is 7.14. The van der Waals surface area contributed by atoms with Crippen LogP contribution < -0.4 is 15.2 Å². The van der Waals surface area contributed by atoms with E-state index in [9.17, 15) is 0 Å². The predicted molar refractivity (Wildman–Crippen MR) is 77.7 cm³/mol. The Labute approximate surface area is 127 Å². The van der Waals surface area contributed by atoms with Crippen molar-refractivity contribution in [2.24, 2.45) is 5.73 Å². The van der Waals surface area contributed by atoms with E-state index >= 15 is 0 Å². The van der Waals surface area contributed by atoms with Crippen LogP contribution in [0.4, 0.5) is 0 Å². The minimum absolute atomic E-state index is 0.161. The Hall–Kier alpha value is -1.79. The van der Waals surface area contributed by atoms with Gasteiger partial charge in [0.05, 0.1) is 11.6 Å². The topological polar surface area (TPSA) is 83.4 Å². The molecule has 1 aromatic heterocycles. The maximum Gasteiger partial charge on any atom is 0.240 e. The number of aromatic nitrogens is 2. The molecule has 2 N–H and O–H groups in total. The van der Waals surface area contributed by atoms with Gasteiger partial charge in [0.2, 0.25) is 11.7 Å². The average Bonchev–Trinajstić information content (AvgIpc) is 2.94. The first-order chi connectivity index (χ1) is 10.1. The van der Waals surface area contributed by atoms with Gasteiger partial charge < -0.3 is 19.7 Å². The van der Waals surface area contributed by atoms with Gasteiger partial charge >= 0.3 is 0 Å². The SMILES string of the molecule is CC(C)c1c2c(cc(Cl)c1-c1noc(CN)n1)OCCO2. The number of hydrogen-bond acceptors (Lipinski definition) is 6. The lowest BCUT2D eigenvalue weighted by Gasteiger charge is -2.25. The van der Waals surface area contributed by atoms with E-state index in [2.05, 4.69) is 24.0 Å². The van der Waals surface area contributed by atoms with Gasteiger partial charge in [0.25, 0.3) is 0 Å². The van der Waals surface area contributed by atoms with Crippen LogP contribution in [0.3, 0.4) is 0 Å². The van der Waals surface area contributed by atoms with E-state index in [1.165, 1.54) is 0 Å². The zero-order chi connectivity index (χ0) is 15.0. The van der Waals surface area contributed by atoms with Crippen molar-refractivity contribution in [3.8, 4) is 22.9 Å². The Morgan fingerprint density at radius 3 is 2.76 bits per heavy atom. The van der Waals surface area contributed by atoms with Crippen LogP contribution in [-0.2, 0) is 6.54 Å². The molecule has 0 bridgehead atoms. The third-order valence-corrected chi connectivity index (χ3v) is 3.56. The summed E-state index contributed by atoms with van der Waals surface area (Å²) in [7, 11) is 0. The summed E-state index contributed by atoms with van der Waals surface area (Å²) in [6, 6.07) is 1.73. The zero-order valence-electron chi connectivity index (χ0n) is 11.9. The van der Waals surface area contributed by atoms with Crippen LogP contribution in [0.5, 0.6) is 11.5 Å². The largest absolute Gasteiger partial charge is 0.486 e. The van der Waals surface area contributed by atoms with E-state index in [0.29, 0.717) is 47.0 Å². The van der Waals surface area contributed by atoms with Gasteiger partial charge in [-0.25, -0.2) is 0 Å². The second kappa shape index (κ2) is 5.54. The third-order valence-electron chi connectivity index (χ3n) is 3.27. The highest BCUT2D eigenvalue weighted by atomic mass is 35.5. The number of benzene rings is 1. The number of rotatable bonds is 3. The van der Waals surface area contributed by atoms with Crippen molar-refractivity contribution in [3.05, 3.63) is 22.5 Å². The van der Waals surface area contributed by atoms with Crippen molar-refractivity contribution in [2.75, 3.05) is 13.2 Å². The highest BCUT2D eigenvalue weighted by molar-refractivity contribution is 6.33. The van der Waals surface area contributed by atoms with Gasteiger partial charge in [0.15, 0.2) is 11.5 Å². The summed E-state index contributed by atoms with van der Waals surface area (Å²) in [6.07, 6.45) is 0. The first kappa shape index (κ1) is 14.2. The van der Waals surface area contributed by atoms with Crippen molar-refractivity contribution in [3.63, 3.8) is 0 Å². The number of hydrogen-bond donors (Lipinski definition) is 1. The summed E-state index contributed by atoms with van der Waals surface area (Å²) in [6.45, 7) is 5.31. The lowest BCUT2D eigenvalue weighted by Crippen LogP contribution is -2.17. The molecule has 0 amide bonds. The van der Waals surface area contributed by atoms with Gasteiger partial charge in [-0.15, -0.1) is 0 Å². The molecule has 0 radical (unpaired) electrons. The molecule has 0 aliphatic carbocycles. The van der Waals surface area contributed by atoms with Gasteiger partial charge in [0, 0.05) is 17.2 Å². The second-order valence-corrected chi connectivity index (χ2v) is 5.45. The van der Waals surface area contributed by atoms with Crippen molar-refractivity contribution < 1.29 is 14.0 Å². The molecule has 0 unspecified atom stereocenters. The maximum absolute atomic E-state index is 6.41. The molecule has 7 heteroatoms. The molecule has 1 aliphatic rings. The van der Waals surface area contributed by atoms with Crippen LogP contribution in [0.15, 0.2) is 10.6 Å². The molecule has 0 atom stereocenters. The maximum atomic E-state index is 6.41. The molecule has 112 valence electrons. The molecule has 2 heterocycles. The number of nitrogens with zero attached hydrogens (tertiary/aromatic N) is 2. The van der Waals surface area contributed by atoms with Gasteiger partial charge in [0.1, 0.15) is 13.2 Å². The molecule has 6 nitrogen and oxygen atoms in total. The fourth-order valence-corrected chi connectivity index (χ4v) is 2.68. The molecule has 21 heavy (non-hydrogen) atoms. The lowest BCUT2D eigenvalue weighted by atomic mass is 9.94. The van der Waals surface area contributed by atoms with E-state index in [4.69, 9.17) is 31.3 Å². The Morgan fingerprint density at radius 2 is 2.10 bits per heavy atom. The van der Waals surface area contributed by atoms with Crippen LogP contribution in [0.1, 0.15) is 31.2 Å². The fourth-order valence-electron chi connectivity index (χ4n) is 2.40. The molecule has 0 spiro atoms. The first-order valence-electron chi connectivity index (χ1n) is 6.76. The Bertz CT molecular complexity index is 670. The molecule has 2 aromatic rings. The zero-order valence-corrected chi connectivity index (χ0v) is 12.6. The van der Waals surface area contributed by atoms with Crippen LogP contribution in [-0.4, -0.2) is 23.4 Å². The normalized spacial score (nSPS) is 13.8. The van der Waals surface area contributed by atoms with Crippen molar-refractivity contribution in [1.29, 1.82) is 0 Å².